The van der Waals surface area contributed by atoms with Crippen molar-refractivity contribution < 1.29 is 19.4 Å². The molecule has 3 rings (SSSR count). The van der Waals surface area contributed by atoms with Crippen molar-refractivity contribution in [2.24, 2.45) is 0 Å². The van der Waals surface area contributed by atoms with Crippen molar-refractivity contribution in [3.05, 3.63) is 64.7 Å². The Morgan fingerprint density at radius 3 is 2.31 bits per heavy atom. The van der Waals surface area contributed by atoms with Crippen LogP contribution in [-0.2, 0) is 10.3 Å². The number of hydrogen-bond donors (Lipinski definition) is 2. The van der Waals surface area contributed by atoms with E-state index >= 15 is 0 Å². The summed E-state index contributed by atoms with van der Waals surface area (Å²) in [5.74, 6) is 0.518. The molecule has 0 radical (unpaired) electrons. The van der Waals surface area contributed by atoms with Crippen LogP contribution in [0.25, 0.3) is 0 Å². The molecule has 2 aromatic rings. The van der Waals surface area contributed by atoms with Crippen LogP contribution >= 0.6 is 11.6 Å². The van der Waals surface area contributed by atoms with Crippen LogP contribution in [0.15, 0.2) is 48.5 Å². The van der Waals surface area contributed by atoms with Crippen molar-refractivity contribution in [2.75, 3.05) is 13.2 Å². The number of aliphatic hydroxyl groups excluding tert-OH is 1. The highest BCUT2D eigenvalue weighted by Crippen LogP contribution is 2.30. The predicted octanol–water partition coefficient (Wildman–Crippen LogP) is 3.67. The lowest BCUT2D eigenvalue weighted by Crippen LogP contribution is -2.42. The second kappa shape index (κ2) is 8.43. The van der Waals surface area contributed by atoms with Crippen LogP contribution in [0.2, 0.25) is 5.02 Å². The van der Waals surface area contributed by atoms with Crippen LogP contribution in [0.3, 0.4) is 0 Å². The highest BCUT2D eigenvalue weighted by molar-refractivity contribution is 6.30. The number of nitrogens with one attached hydrogen (secondary N) is 1. The molecule has 0 saturated carbocycles. The molecular formula is C22H25ClN2O4. The first kappa shape index (κ1) is 21.1. The third kappa shape index (κ3) is 4.54. The number of ether oxygens (including phenoxy) is 1. The van der Waals surface area contributed by atoms with Gasteiger partial charge in [-0.1, -0.05) is 49.7 Å². The summed E-state index contributed by atoms with van der Waals surface area (Å²) in [5.41, 5.74) is 0.694. The van der Waals surface area contributed by atoms with E-state index in [1.807, 2.05) is 24.3 Å². The number of halogens is 1. The van der Waals surface area contributed by atoms with Crippen LogP contribution < -0.4 is 10.1 Å². The SMILES string of the molecule is CC(C)c1ccc(C2(C)NC(=O)N(CC(O)COc3ccc(Cl)cc3)C2=O)cc1. The van der Waals surface area contributed by atoms with Crippen molar-refractivity contribution in [3.63, 3.8) is 0 Å². The number of benzene rings is 2. The van der Waals surface area contributed by atoms with Gasteiger partial charge in [-0.15, -0.1) is 0 Å². The van der Waals surface area contributed by atoms with E-state index in [0.29, 0.717) is 22.3 Å². The van der Waals surface area contributed by atoms with Gasteiger partial charge < -0.3 is 15.2 Å². The monoisotopic (exact) mass is 416 g/mol. The normalized spacial score (nSPS) is 20.1. The van der Waals surface area contributed by atoms with Crippen LogP contribution in [0.5, 0.6) is 5.75 Å². The Kier molecular flexibility index (Phi) is 6.15. The quantitative estimate of drug-likeness (QED) is 0.675. The summed E-state index contributed by atoms with van der Waals surface area (Å²) in [6.45, 7) is 5.65. The first-order valence-corrected chi connectivity index (χ1v) is 9.89. The van der Waals surface area contributed by atoms with Crippen molar-refractivity contribution in [2.45, 2.75) is 38.3 Å². The molecule has 3 amide bonds. The van der Waals surface area contributed by atoms with Gasteiger partial charge >= 0.3 is 6.03 Å². The molecule has 29 heavy (non-hydrogen) atoms. The minimum Gasteiger partial charge on any atom is -0.491 e. The van der Waals surface area contributed by atoms with Gasteiger partial charge in [0.15, 0.2) is 0 Å². The maximum absolute atomic E-state index is 13.0. The minimum atomic E-state index is -1.16. The molecule has 2 N–H and O–H groups in total. The van der Waals surface area contributed by atoms with Crippen molar-refractivity contribution >= 4 is 23.5 Å². The van der Waals surface area contributed by atoms with Gasteiger partial charge in [0.25, 0.3) is 5.91 Å². The van der Waals surface area contributed by atoms with E-state index in [1.54, 1.807) is 31.2 Å². The molecule has 1 fully saturated rings. The lowest BCUT2D eigenvalue weighted by Gasteiger charge is -2.23. The van der Waals surface area contributed by atoms with Crippen LogP contribution in [0.4, 0.5) is 4.79 Å². The van der Waals surface area contributed by atoms with E-state index in [0.717, 1.165) is 10.5 Å². The summed E-state index contributed by atoms with van der Waals surface area (Å²) < 4.78 is 5.50. The predicted molar refractivity (Wildman–Crippen MR) is 111 cm³/mol. The number of β-amino-alcohol motifs (C(OH)–C–C–N with tert-alkyl or cyclic N) is 1. The molecule has 1 aliphatic heterocycles. The number of amides is 3. The second-order valence-electron chi connectivity index (χ2n) is 7.67. The Morgan fingerprint density at radius 2 is 1.72 bits per heavy atom. The van der Waals surface area contributed by atoms with Gasteiger partial charge in [0, 0.05) is 5.02 Å². The van der Waals surface area contributed by atoms with Crippen molar-refractivity contribution in [1.29, 1.82) is 0 Å². The summed E-state index contributed by atoms with van der Waals surface area (Å²) >= 11 is 5.83. The van der Waals surface area contributed by atoms with Gasteiger partial charge in [-0.2, -0.15) is 0 Å². The fourth-order valence-corrected chi connectivity index (χ4v) is 3.37. The van der Waals surface area contributed by atoms with Crippen LogP contribution in [-0.4, -0.2) is 41.2 Å². The highest BCUT2D eigenvalue weighted by atomic mass is 35.5. The van der Waals surface area contributed by atoms with Crippen LogP contribution in [0.1, 0.15) is 37.8 Å². The van der Waals surface area contributed by atoms with E-state index in [1.165, 1.54) is 0 Å². The zero-order chi connectivity index (χ0) is 21.2. The Morgan fingerprint density at radius 1 is 1.10 bits per heavy atom. The zero-order valence-corrected chi connectivity index (χ0v) is 17.4. The van der Waals surface area contributed by atoms with E-state index in [9.17, 15) is 14.7 Å². The Balaban J connectivity index is 1.65. The highest BCUT2D eigenvalue weighted by Gasteiger charge is 2.49. The number of carbonyl (C=O) groups is 2. The van der Waals surface area contributed by atoms with E-state index in [4.69, 9.17) is 16.3 Å². The largest absolute Gasteiger partial charge is 0.491 e. The third-order valence-electron chi connectivity index (χ3n) is 5.08. The van der Waals surface area contributed by atoms with E-state index < -0.39 is 23.6 Å². The molecule has 2 aromatic carbocycles. The average molecular weight is 417 g/mol. The van der Waals surface area contributed by atoms with Crippen molar-refractivity contribution in [1.82, 2.24) is 10.2 Å². The first-order valence-electron chi connectivity index (χ1n) is 9.51. The lowest BCUT2D eigenvalue weighted by atomic mass is 9.90. The number of hydrogen-bond acceptors (Lipinski definition) is 4. The lowest BCUT2D eigenvalue weighted by molar-refractivity contribution is -0.132. The van der Waals surface area contributed by atoms with Crippen molar-refractivity contribution in [3.8, 4) is 5.75 Å². The Bertz CT molecular complexity index is 883. The zero-order valence-electron chi connectivity index (χ0n) is 16.7. The molecule has 6 nitrogen and oxygen atoms in total. The van der Waals surface area contributed by atoms with Gasteiger partial charge in [0.1, 0.15) is 24.0 Å². The van der Waals surface area contributed by atoms with Gasteiger partial charge in [-0.25, -0.2) is 4.79 Å². The molecule has 1 aliphatic rings. The van der Waals surface area contributed by atoms with E-state index in [2.05, 4.69) is 19.2 Å². The molecule has 1 saturated heterocycles. The average Bonchev–Trinajstić information content (AvgIpc) is 2.91. The smallest absolute Gasteiger partial charge is 0.325 e. The Labute approximate surface area is 175 Å². The fourth-order valence-electron chi connectivity index (χ4n) is 3.25. The molecule has 1 heterocycles. The number of nitrogens with zero attached hydrogens (tertiary/aromatic N) is 1. The Hall–Kier alpha value is -2.57. The number of imide groups is 1. The maximum Gasteiger partial charge on any atom is 0.325 e. The maximum atomic E-state index is 13.0. The first-order chi connectivity index (χ1) is 13.7. The number of aliphatic hydroxyl groups is 1. The van der Waals surface area contributed by atoms with Gasteiger partial charge in [0.05, 0.1) is 6.54 Å². The standard InChI is InChI=1S/C22H25ClN2O4/c1-14(2)15-4-6-16(7-5-15)22(3)20(27)25(21(28)24-22)12-18(26)13-29-19-10-8-17(23)9-11-19/h4-11,14,18,26H,12-13H2,1-3H3,(H,24,28). The molecule has 7 heteroatoms. The molecule has 0 aromatic heterocycles. The topological polar surface area (TPSA) is 78.9 Å². The molecule has 2 unspecified atom stereocenters. The summed E-state index contributed by atoms with van der Waals surface area (Å²) in [6, 6.07) is 13.8. The molecular weight excluding hydrogens is 392 g/mol. The van der Waals surface area contributed by atoms with Gasteiger partial charge in [-0.3, -0.25) is 9.69 Å². The molecule has 0 spiro atoms. The van der Waals surface area contributed by atoms with Gasteiger partial charge in [0.2, 0.25) is 0 Å². The summed E-state index contributed by atoms with van der Waals surface area (Å²) in [4.78, 5) is 26.4. The minimum absolute atomic E-state index is 0.0571. The fraction of sp³-hybridized carbons (Fsp3) is 0.364. The summed E-state index contributed by atoms with van der Waals surface area (Å²) in [7, 11) is 0. The molecule has 2 atom stereocenters. The second-order valence-corrected chi connectivity index (χ2v) is 8.10. The number of urea groups is 1. The summed E-state index contributed by atoms with van der Waals surface area (Å²) in [6.07, 6.45) is -1.02. The molecule has 0 bridgehead atoms. The summed E-state index contributed by atoms with van der Waals surface area (Å²) in [5, 5.41) is 13.6. The number of rotatable bonds is 7. The van der Waals surface area contributed by atoms with Gasteiger partial charge in [-0.05, 0) is 48.2 Å². The van der Waals surface area contributed by atoms with Crippen LogP contribution in [0, 0.1) is 0 Å². The van der Waals surface area contributed by atoms with E-state index in [-0.39, 0.29) is 13.2 Å². The third-order valence-corrected chi connectivity index (χ3v) is 5.33. The molecule has 0 aliphatic carbocycles. The molecule has 154 valence electrons. The number of carbonyl (C=O) groups excluding carboxylic acids is 2.